The molecule has 0 aliphatic carbocycles. The molecule has 1 N–H and O–H groups in total. The lowest BCUT2D eigenvalue weighted by atomic mass is 9.96. The van der Waals surface area contributed by atoms with E-state index in [0.717, 1.165) is 67.0 Å². The van der Waals surface area contributed by atoms with Crippen molar-refractivity contribution in [2.75, 3.05) is 13.2 Å². The van der Waals surface area contributed by atoms with Gasteiger partial charge in [-0.05, 0) is 42.7 Å². The van der Waals surface area contributed by atoms with Crippen LogP contribution in [0.3, 0.4) is 0 Å². The molecule has 0 saturated heterocycles. The summed E-state index contributed by atoms with van der Waals surface area (Å²) in [5, 5.41) is 8.23. The second-order valence-corrected chi connectivity index (χ2v) is 9.04. The maximum absolute atomic E-state index is 13.4. The highest BCUT2D eigenvalue weighted by Crippen LogP contribution is 2.43. The lowest BCUT2D eigenvalue weighted by Gasteiger charge is -2.26. The van der Waals surface area contributed by atoms with Crippen molar-refractivity contribution in [1.29, 1.82) is 0 Å². The van der Waals surface area contributed by atoms with E-state index in [1.807, 2.05) is 41.3 Å². The Hall–Kier alpha value is -2.79. The predicted octanol–water partition coefficient (Wildman–Crippen LogP) is 7.03. The number of ether oxygens (including phenoxy) is 1. The van der Waals surface area contributed by atoms with Crippen molar-refractivity contribution in [2.24, 2.45) is 0 Å². The van der Waals surface area contributed by atoms with E-state index in [-0.39, 0.29) is 11.9 Å². The van der Waals surface area contributed by atoms with E-state index in [4.69, 9.17) is 16.3 Å². The minimum atomic E-state index is -0.178. The van der Waals surface area contributed by atoms with E-state index in [0.29, 0.717) is 10.7 Å². The van der Waals surface area contributed by atoms with Crippen molar-refractivity contribution in [3.8, 4) is 17.0 Å². The number of carbonyl (C=O) groups is 1. The van der Waals surface area contributed by atoms with Crippen LogP contribution in [0.5, 0.6) is 5.75 Å². The Morgan fingerprint density at radius 1 is 0.970 bits per heavy atom. The molecule has 0 saturated carbocycles. The fourth-order valence-corrected chi connectivity index (χ4v) is 4.55. The molecule has 33 heavy (non-hydrogen) atoms. The molecule has 0 bridgehead atoms. The van der Waals surface area contributed by atoms with Crippen LogP contribution >= 0.6 is 11.6 Å². The Bertz CT molecular complexity index is 1060. The fraction of sp³-hybridized carbons (Fsp3) is 0.407. The van der Waals surface area contributed by atoms with Gasteiger partial charge in [0.2, 0.25) is 0 Å². The van der Waals surface area contributed by atoms with Gasteiger partial charge in [-0.15, -0.1) is 0 Å². The SMILES string of the molecule is CCCCCOc1ccc(C2c3c(-c4ccc(Cl)cc4)n[nH]c3C(=O)N2CCCCC)cc1. The van der Waals surface area contributed by atoms with Crippen molar-refractivity contribution < 1.29 is 9.53 Å². The zero-order chi connectivity index (χ0) is 23.2. The van der Waals surface area contributed by atoms with Gasteiger partial charge in [-0.25, -0.2) is 0 Å². The van der Waals surface area contributed by atoms with E-state index in [2.05, 4.69) is 36.2 Å². The standard InChI is InChI=1S/C27H32ClN3O2/c1-3-5-7-17-31-26(20-11-15-22(16-12-20)33-18-8-6-4-2)23-24(29-30-25(23)27(31)32)19-9-13-21(28)14-10-19/h9-16,26H,3-8,17-18H2,1-2H3,(H,29,30). The highest BCUT2D eigenvalue weighted by atomic mass is 35.5. The summed E-state index contributed by atoms with van der Waals surface area (Å²) in [6.45, 7) is 5.81. The molecule has 1 aliphatic heterocycles. The molecule has 1 amide bonds. The predicted molar refractivity (Wildman–Crippen MR) is 133 cm³/mol. The van der Waals surface area contributed by atoms with Gasteiger partial charge >= 0.3 is 0 Å². The van der Waals surface area contributed by atoms with Gasteiger partial charge in [-0.1, -0.05) is 75.4 Å². The molecule has 0 fully saturated rings. The van der Waals surface area contributed by atoms with E-state index in [1.165, 1.54) is 12.8 Å². The van der Waals surface area contributed by atoms with E-state index < -0.39 is 0 Å². The molecule has 2 heterocycles. The Kier molecular flexibility index (Phi) is 7.71. The number of halogens is 1. The van der Waals surface area contributed by atoms with E-state index >= 15 is 0 Å². The van der Waals surface area contributed by atoms with Gasteiger partial charge < -0.3 is 9.64 Å². The molecule has 1 aromatic heterocycles. The molecule has 0 radical (unpaired) electrons. The lowest BCUT2D eigenvalue weighted by molar-refractivity contribution is 0.0740. The summed E-state index contributed by atoms with van der Waals surface area (Å²) >= 11 is 6.10. The number of hydrogen-bond acceptors (Lipinski definition) is 3. The number of H-pyrrole nitrogens is 1. The number of nitrogens with one attached hydrogen (secondary N) is 1. The van der Waals surface area contributed by atoms with E-state index in [9.17, 15) is 4.79 Å². The number of benzene rings is 2. The average Bonchev–Trinajstić information content (AvgIpc) is 3.37. The van der Waals surface area contributed by atoms with Crippen LogP contribution in [0.4, 0.5) is 0 Å². The van der Waals surface area contributed by atoms with Crippen LogP contribution in [-0.2, 0) is 0 Å². The first-order chi connectivity index (χ1) is 16.1. The summed E-state index contributed by atoms with van der Waals surface area (Å²) in [6, 6.07) is 15.6. The summed E-state index contributed by atoms with van der Waals surface area (Å²) in [4.78, 5) is 15.3. The van der Waals surface area contributed by atoms with Crippen LogP contribution < -0.4 is 4.74 Å². The van der Waals surface area contributed by atoms with Crippen LogP contribution in [0, 0.1) is 0 Å². The number of fused-ring (bicyclic) bond motifs is 1. The zero-order valence-electron chi connectivity index (χ0n) is 19.4. The summed E-state index contributed by atoms with van der Waals surface area (Å²) in [5.74, 6) is 0.876. The van der Waals surface area contributed by atoms with E-state index in [1.54, 1.807) is 0 Å². The molecule has 1 aliphatic rings. The molecule has 2 aromatic carbocycles. The molecular formula is C27H32ClN3O2. The number of aromatic amines is 1. The van der Waals surface area contributed by atoms with Gasteiger partial charge in [-0.3, -0.25) is 9.89 Å². The third-order valence-corrected chi connectivity index (χ3v) is 6.45. The third-order valence-electron chi connectivity index (χ3n) is 6.20. The molecule has 4 rings (SSSR count). The summed E-state index contributed by atoms with van der Waals surface area (Å²) < 4.78 is 5.90. The Morgan fingerprint density at radius 2 is 1.67 bits per heavy atom. The highest BCUT2D eigenvalue weighted by molar-refractivity contribution is 6.30. The van der Waals surface area contributed by atoms with Crippen molar-refractivity contribution in [2.45, 2.75) is 58.4 Å². The summed E-state index contributed by atoms with van der Waals surface area (Å²) in [6.07, 6.45) is 6.59. The van der Waals surface area contributed by atoms with Crippen molar-refractivity contribution >= 4 is 17.5 Å². The van der Waals surface area contributed by atoms with Crippen molar-refractivity contribution in [3.63, 3.8) is 0 Å². The molecule has 0 spiro atoms. The second kappa shape index (κ2) is 10.9. The first-order valence-corrected chi connectivity index (χ1v) is 12.4. The van der Waals surface area contributed by atoms with Crippen LogP contribution in [0.15, 0.2) is 48.5 Å². The molecule has 1 unspecified atom stereocenters. The maximum Gasteiger partial charge on any atom is 0.273 e. The number of aromatic nitrogens is 2. The lowest BCUT2D eigenvalue weighted by Crippen LogP contribution is -2.30. The minimum Gasteiger partial charge on any atom is -0.494 e. The minimum absolute atomic E-state index is 0.0127. The summed E-state index contributed by atoms with van der Waals surface area (Å²) in [7, 11) is 0. The highest BCUT2D eigenvalue weighted by Gasteiger charge is 2.41. The normalized spacial score (nSPS) is 15.2. The zero-order valence-corrected chi connectivity index (χ0v) is 20.2. The molecule has 174 valence electrons. The Labute approximate surface area is 201 Å². The van der Waals surface area contributed by atoms with Crippen molar-refractivity contribution in [3.05, 3.63) is 70.4 Å². The van der Waals surface area contributed by atoms with Gasteiger partial charge in [0.25, 0.3) is 5.91 Å². The molecule has 5 nitrogen and oxygen atoms in total. The largest absolute Gasteiger partial charge is 0.494 e. The Morgan fingerprint density at radius 3 is 2.36 bits per heavy atom. The number of nitrogens with zero attached hydrogens (tertiary/aromatic N) is 2. The van der Waals surface area contributed by atoms with Gasteiger partial charge in [0.05, 0.1) is 18.3 Å². The number of hydrogen-bond donors (Lipinski definition) is 1. The second-order valence-electron chi connectivity index (χ2n) is 8.60. The monoisotopic (exact) mass is 465 g/mol. The first kappa shape index (κ1) is 23.4. The summed E-state index contributed by atoms with van der Waals surface area (Å²) in [5.41, 5.74) is 4.34. The Balaban J connectivity index is 1.66. The average molecular weight is 466 g/mol. The quantitative estimate of drug-likeness (QED) is 0.309. The third kappa shape index (κ3) is 5.09. The smallest absolute Gasteiger partial charge is 0.273 e. The molecule has 6 heteroatoms. The van der Waals surface area contributed by atoms with Crippen molar-refractivity contribution in [1.82, 2.24) is 15.1 Å². The number of rotatable bonds is 11. The fourth-order valence-electron chi connectivity index (χ4n) is 4.42. The topological polar surface area (TPSA) is 58.2 Å². The van der Waals surface area contributed by atoms with Crippen LogP contribution in [0.25, 0.3) is 11.3 Å². The molecule has 3 aromatic rings. The molecule has 1 atom stereocenters. The van der Waals surface area contributed by atoms with Gasteiger partial charge in [0.15, 0.2) is 0 Å². The molecular weight excluding hydrogens is 434 g/mol. The van der Waals surface area contributed by atoms with Crippen LogP contribution in [0.1, 0.15) is 80.0 Å². The maximum atomic E-state index is 13.4. The van der Waals surface area contributed by atoms with Gasteiger partial charge in [0, 0.05) is 22.7 Å². The van der Waals surface area contributed by atoms with Crippen LogP contribution in [0.2, 0.25) is 5.02 Å². The number of unbranched alkanes of at least 4 members (excludes halogenated alkanes) is 4. The van der Waals surface area contributed by atoms with Crippen LogP contribution in [-0.4, -0.2) is 34.2 Å². The number of carbonyl (C=O) groups excluding carboxylic acids is 1. The van der Waals surface area contributed by atoms with Gasteiger partial charge in [-0.2, -0.15) is 5.10 Å². The first-order valence-electron chi connectivity index (χ1n) is 12.0. The van der Waals surface area contributed by atoms with Gasteiger partial charge in [0.1, 0.15) is 11.4 Å². The number of amides is 1.